The highest BCUT2D eigenvalue weighted by atomic mass is 32.2. The number of thioether (sulfide) groups is 1. The highest BCUT2D eigenvalue weighted by Crippen LogP contribution is 2.27. The number of nitrogens with one attached hydrogen (secondary N) is 1. The molecule has 0 aliphatic rings. The molecule has 0 saturated carbocycles. The minimum absolute atomic E-state index is 0.0221. The zero-order valence-corrected chi connectivity index (χ0v) is 15.3. The first-order chi connectivity index (χ1) is 11.3. The summed E-state index contributed by atoms with van der Waals surface area (Å²) in [5.41, 5.74) is 0.668. The van der Waals surface area contributed by atoms with Crippen LogP contribution in [-0.4, -0.2) is 36.4 Å². The normalized spacial score (nSPS) is 12.7. The molecule has 0 fully saturated rings. The van der Waals surface area contributed by atoms with Crippen LogP contribution in [0.3, 0.4) is 0 Å². The summed E-state index contributed by atoms with van der Waals surface area (Å²) in [5, 5.41) is 11.9. The summed E-state index contributed by atoms with van der Waals surface area (Å²) in [5.74, 6) is 0.717. The van der Waals surface area contributed by atoms with E-state index in [1.165, 1.54) is 11.8 Å². The van der Waals surface area contributed by atoms with E-state index in [1.807, 2.05) is 44.4 Å². The van der Waals surface area contributed by atoms with Crippen LogP contribution in [-0.2, 0) is 11.3 Å². The van der Waals surface area contributed by atoms with Gasteiger partial charge in [0.05, 0.1) is 5.25 Å². The van der Waals surface area contributed by atoms with Crippen LogP contribution in [0.2, 0.25) is 0 Å². The summed E-state index contributed by atoms with van der Waals surface area (Å²) < 4.78 is 1.95. The van der Waals surface area contributed by atoms with Crippen molar-refractivity contribution in [2.24, 2.45) is 0 Å². The second kappa shape index (κ2) is 7.61. The van der Waals surface area contributed by atoms with Gasteiger partial charge in [0.15, 0.2) is 11.0 Å². The van der Waals surface area contributed by atoms with Crippen molar-refractivity contribution in [3.05, 3.63) is 37.2 Å². The van der Waals surface area contributed by atoms with Gasteiger partial charge in [0.25, 0.3) is 0 Å². The lowest BCUT2D eigenvalue weighted by molar-refractivity contribution is -0.121. The third kappa shape index (κ3) is 4.67. The van der Waals surface area contributed by atoms with Gasteiger partial charge in [-0.25, -0.2) is 0 Å². The number of amides is 1. The summed E-state index contributed by atoms with van der Waals surface area (Å²) in [6.45, 7) is 12.1. The molecular weight excluding hydrogens is 322 g/mol. The van der Waals surface area contributed by atoms with Crippen molar-refractivity contribution >= 4 is 17.7 Å². The first-order valence-electron chi connectivity index (χ1n) is 7.75. The van der Waals surface area contributed by atoms with Crippen LogP contribution in [0.4, 0.5) is 0 Å². The number of rotatable bonds is 6. The van der Waals surface area contributed by atoms with E-state index in [1.54, 1.807) is 18.5 Å². The first kappa shape index (κ1) is 18.2. The standard InChI is InChI=1S/C17H23N5OS/c1-6-11-22-14(13-7-9-18-10-8-13)20-21-16(22)24-12(2)15(23)19-17(3,4)5/h6-10,12H,1,11H2,2-5H3,(H,19,23)/t12-/m0/s1. The zero-order valence-electron chi connectivity index (χ0n) is 14.5. The fourth-order valence-corrected chi connectivity index (χ4v) is 2.93. The molecule has 0 unspecified atom stereocenters. The number of carbonyl (C=O) groups excluding carboxylic acids is 1. The Hall–Kier alpha value is -2.15. The molecule has 2 rings (SSSR count). The van der Waals surface area contributed by atoms with E-state index < -0.39 is 0 Å². The molecule has 0 radical (unpaired) electrons. The van der Waals surface area contributed by atoms with Gasteiger partial charge in [-0.15, -0.1) is 16.8 Å². The number of hydrogen-bond donors (Lipinski definition) is 1. The molecule has 7 heteroatoms. The van der Waals surface area contributed by atoms with Gasteiger partial charge in [-0.3, -0.25) is 14.3 Å². The summed E-state index contributed by atoms with van der Waals surface area (Å²) in [4.78, 5) is 16.3. The molecule has 1 atom stereocenters. The van der Waals surface area contributed by atoms with E-state index in [0.717, 1.165) is 11.4 Å². The Morgan fingerprint density at radius 2 is 2.04 bits per heavy atom. The Bertz CT molecular complexity index is 706. The summed E-state index contributed by atoms with van der Waals surface area (Å²) >= 11 is 1.39. The predicted octanol–water partition coefficient (Wildman–Crippen LogP) is 2.92. The molecule has 0 aliphatic carbocycles. The molecular formula is C17H23N5OS. The van der Waals surface area contributed by atoms with E-state index in [2.05, 4.69) is 27.1 Å². The third-order valence-electron chi connectivity index (χ3n) is 3.12. The molecule has 128 valence electrons. The van der Waals surface area contributed by atoms with Crippen molar-refractivity contribution in [2.75, 3.05) is 0 Å². The highest BCUT2D eigenvalue weighted by Gasteiger charge is 2.23. The Kier molecular flexibility index (Phi) is 5.77. The molecule has 0 aromatic carbocycles. The largest absolute Gasteiger partial charge is 0.351 e. The van der Waals surface area contributed by atoms with Crippen molar-refractivity contribution in [1.29, 1.82) is 0 Å². The lowest BCUT2D eigenvalue weighted by atomic mass is 10.1. The van der Waals surface area contributed by atoms with E-state index >= 15 is 0 Å². The lowest BCUT2D eigenvalue weighted by Crippen LogP contribution is -2.44. The SMILES string of the molecule is C=CCn1c(S[C@@H](C)C(=O)NC(C)(C)C)nnc1-c1ccncc1. The summed E-state index contributed by atoms with van der Waals surface area (Å²) in [7, 11) is 0. The van der Waals surface area contributed by atoms with Gasteiger partial charge in [0, 0.05) is 30.0 Å². The maximum atomic E-state index is 12.3. The average Bonchev–Trinajstić information content (AvgIpc) is 2.90. The van der Waals surface area contributed by atoms with Gasteiger partial charge in [0.1, 0.15) is 0 Å². The van der Waals surface area contributed by atoms with Crippen molar-refractivity contribution in [3.8, 4) is 11.4 Å². The molecule has 2 heterocycles. The average molecular weight is 345 g/mol. The molecule has 1 N–H and O–H groups in total. The number of aromatic nitrogens is 4. The topological polar surface area (TPSA) is 72.7 Å². The smallest absolute Gasteiger partial charge is 0.233 e. The molecule has 0 spiro atoms. The molecule has 2 aromatic heterocycles. The number of nitrogens with zero attached hydrogens (tertiary/aromatic N) is 4. The fraction of sp³-hybridized carbons (Fsp3) is 0.412. The molecule has 0 bridgehead atoms. The lowest BCUT2D eigenvalue weighted by Gasteiger charge is -2.22. The Balaban J connectivity index is 2.23. The van der Waals surface area contributed by atoms with Crippen LogP contribution in [0.15, 0.2) is 42.3 Å². The van der Waals surface area contributed by atoms with Gasteiger partial charge in [0.2, 0.25) is 5.91 Å². The first-order valence-corrected chi connectivity index (χ1v) is 8.63. The predicted molar refractivity (Wildman–Crippen MR) is 96.7 cm³/mol. The van der Waals surface area contributed by atoms with E-state index in [4.69, 9.17) is 0 Å². The molecule has 1 amide bonds. The molecule has 24 heavy (non-hydrogen) atoms. The Morgan fingerprint density at radius 1 is 1.38 bits per heavy atom. The van der Waals surface area contributed by atoms with Gasteiger partial charge >= 0.3 is 0 Å². The van der Waals surface area contributed by atoms with Crippen LogP contribution in [0.1, 0.15) is 27.7 Å². The van der Waals surface area contributed by atoms with E-state index in [9.17, 15) is 4.79 Å². The number of carbonyl (C=O) groups is 1. The van der Waals surface area contributed by atoms with Crippen LogP contribution >= 0.6 is 11.8 Å². The molecule has 0 saturated heterocycles. The molecule has 2 aromatic rings. The van der Waals surface area contributed by atoms with Gasteiger partial charge < -0.3 is 5.32 Å². The second-order valence-corrected chi connectivity index (χ2v) is 7.75. The van der Waals surface area contributed by atoms with Crippen molar-refractivity contribution in [2.45, 2.75) is 50.2 Å². The van der Waals surface area contributed by atoms with Crippen LogP contribution < -0.4 is 5.32 Å². The van der Waals surface area contributed by atoms with Gasteiger partial charge in [-0.1, -0.05) is 17.8 Å². The van der Waals surface area contributed by atoms with E-state index in [-0.39, 0.29) is 16.7 Å². The monoisotopic (exact) mass is 345 g/mol. The zero-order chi connectivity index (χ0) is 17.7. The third-order valence-corrected chi connectivity index (χ3v) is 4.20. The van der Waals surface area contributed by atoms with Crippen LogP contribution in [0.25, 0.3) is 11.4 Å². The molecule has 6 nitrogen and oxygen atoms in total. The fourth-order valence-electron chi connectivity index (χ4n) is 2.07. The minimum Gasteiger partial charge on any atom is -0.351 e. The van der Waals surface area contributed by atoms with Crippen molar-refractivity contribution in [3.63, 3.8) is 0 Å². The highest BCUT2D eigenvalue weighted by molar-refractivity contribution is 8.00. The van der Waals surface area contributed by atoms with Crippen molar-refractivity contribution in [1.82, 2.24) is 25.1 Å². The number of hydrogen-bond acceptors (Lipinski definition) is 5. The number of pyridine rings is 1. The Labute approximate surface area is 146 Å². The quantitative estimate of drug-likeness (QED) is 0.644. The second-order valence-electron chi connectivity index (χ2n) is 6.44. The van der Waals surface area contributed by atoms with Gasteiger partial charge in [-0.05, 0) is 39.8 Å². The maximum Gasteiger partial charge on any atom is 0.233 e. The molecule has 0 aliphatic heterocycles. The van der Waals surface area contributed by atoms with Gasteiger partial charge in [-0.2, -0.15) is 0 Å². The Morgan fingerprint density at radius 3 is 2.62 bits per heavy atom. The van der Waals surface area contributed by atoms with Crippen molar-refractivity contribution < 1.29 is 4.79 Å². The maximum absolute atomic E-state index is 12.3. The number of allylic oxidation sites excluding steroid dienone is 1. The van der Waals surface area contributed by atoms with Crippen LogP contribution in [0, 0.1) is 0 Å². The summed E-state index contributed by atoms with van der Waals surface area (Å²) in [6.07, 6.45) is 5.22. The summed E-state index contributed by atoms with van der Waals surface area (Å²) in [6, 6.07) is 3.77. The van der Waals surface area contributed by atoms with E-state index in [0.29, 0.717) is 11.7 Å². The van der Waals surface area contributed by atoms with Crippen LogP contribution in [0.5, 0.6) is 0 Å². The minimum atomic E-state index is -0.276.